The first-order valence-corrected chi connectivity index (χ1v) is 8.83. The lowest BCUT2D eigenvalue weighted by Crippen LogP contribution is -2.37. The van der Waals surface area contributed by atoms with Crippen molar-refractivity contribution < 1.29 is 0 Å². The molecule has 134 valence electrons. The topological polar surface area (TPSA) is 66.4 Å². The van der Waals surface area contributed by atoms with Gasteiger partial charge in [0.2, 0.25) is 0 Å². The molecule has 0 amide bonds. The minimum Gasteiger partial charge on any atom is -0.378 e. The number of anilines is 1. The maximum Gasteiger partial charge on any atom is 0.175 e. The molecule has 0 saturated carbocycles. The van der Waals surface area contributed by atoms with Crippen LogP contribution in [0, 0.1) is 22.7 Å². The third kappa shape index (κ3) is 3.41. The fourth-order valence-electron chi connectivity index (χ4n) is 3.31. The fourth-order valence-corrected chi connectivity index (χ4v) is 3.31. The van der Waals surface area contributed by atoms with Crippen molar-refractivity contribution in [2.75, 3.05) is 25.5 Å². The fraction of sp³-hybridized carbons (Fsp3) is 0.227. The summed E-state index contributed by atoms with van der Waals surface area (Å²) in [5.41, 5.74) is 4.35. The van der Waals surface area contributed by atoms with Gasteiger partial charge in [-0.25, -0.2) is 4.99 Å². The van der Waals surface area contributed by atoms with Crippen LogP contribution in [-0.4, -0.2) is 31.3 Å². The number of nitrogens with zero attached hydrogens (tertiary/aromatic N) is 5. The Morgan fingerprint density at radius 1 is 1.00 bits per heavy atom. The molecule has 0 radical (unpaired) electrons. The van der Waals surface area contributed by atoms with Gasteiger partial charge >= 0.3 is 0 Å². The molecule has 5 heteroatoms. The summed E-state index contributed by atoms with van der Waals surface area (Å²) >= 11 is 0. The Kier molecular flexibility index (Phi) is 5.24. The number of benzene rings is 2. The summed E-state index contributed by atoms with van der Waals surface area (Å²) in [5.74, 6) is 0. The van der Waals surface area contributed by atoms with Crippen molar-refractivity contribution in [2.24, 2.45) is 4.99 Å². The first-order chi connectivity index (χ1) is 13.1. The number of allylic oxidation sites excluding steroid dienone is 2. The number of likely N-dealkylation sites (N-methyl/N-ethyl adjacent to an activating group) is 1. The van der Waals surface area contributed by atoms with E-state index in [-0.39, 0.29) is 11.7 Å². The van der Waals surface area contributed by atoms with Crippen LogP contribution in [0.3, 0.4) is 0 Å². The lowest BCUT2D eigenvalue weighted by atomic mass is 9.92. The lowest BCUT2D eigenvalue weighted by Gasteiger charge is -2.36. The molecule has 1 unspecified atom stereocenters. The van der Waals surface area contributed by atoms with E-state index in [1.165, 1.54) is 0 Å². The first kappa shape index (κ1) is 18.2. The zero-order valence-electron chi connectivity index (χ0n) is 15.7. The quantitative estimate of drug-likeness (QED) is 0.835. The van der Waals surface area contributed by atoms with E-state index in [4.69, 9.17) is 0 Å². The number of hydrogen-bond acceptors (Lipinski definition) is 5. The summed E-state index contributed by atoms with van der Waals surface area (Å²) in [5, 5.41) is 19.2. The summed E-state index contributed by atoms with van der Waals surface area (Å²) in [6, 6.07) is 22.1. The summed E-state index contributed by atoms with van der Waals surface area (Å²) in [6.45, 7) is 2.58. The molecule has 1 heterocycles. The van der Waals surface area contributed by atoms with Crippen molar-refractivity contribution in [3.63, 3.8) is 0 Å². The Hall–Kier alpha value is -3.57. The zero-order chi connectivity index (χ0) is 19.4. The van der Waals surface area contributed by atoms with Crippen LogP contribution in [0.25, 0.3) is 0 Å². The van der Waals surface area contributed by atoms with Crippen LogP contribution in [0.5, 0.6) is 0 Å². The second-order valence-corrected chi connectivity index (χ2v) is 6.46. The summed E-state index contributed by atoms with van der Waals surface area (Å²) in [7, 11) is 4.00. The third-order valence-corrected chi connectivity index (χ3v) is 4.66. The molecule has 1 aliphatic rings. The molecule has 0 saturated heterocycles. The maximum atomic E-state index is 9.66. The van der Waals surface area contributed by atoms with Crippen LogP contribution >= 0.6 is 0 Å². The molecule has 5 nitrogen and oxygen atoms in total. The van der Waals surface area contributed by atoms with Gasteiger partial charge in [-0.1, -0.05) is 42.5 Å². The first-order valence-electron chi connectivity index (χ1n) is 8.83. The van der Waals surface area contributed by atoms with E-state index in [2.05, 4.69) is 41.4 Å². The standard InChI is InChI=1S/C22H21N5/c1-4-27-20(15-24)19(14-23)25-21(16-8-6-5-7-9-16)22(27)17-10-12-18(13-11-17)26(2)3/h5-13,22H,4H2,1-3H3. The molecule has 0 bridgehead atoms. The molecular weight excluding hydrogens is 334 g/mol. The second-order valence-electron chi connectivity index (χ2n) is 6.46. The minimum atomic E-state index is -0.222. The lowest BCUT2D eigenvalue weighted by molar-refractivity contribution is 0.332. The summed E-state index contributed by atoms with van der Waals surface area (Å²) in [6.07, 6.45) is 0. The van der Waals surface area contributed by atoms with Gasteiger partial charge in [0.25, 0.3) is 0 Å². The highest BCUT2D eigenvalue weighted by Gasteiger charge is 2.33. The van der Waals surface area contributed by atoms with Gasteiger partial charge < -0.3 is 9.80 Å². The highest BCUT2D eigenvalue weighted by Crippen LogP contribution is 2.35. The van der Waals surface area contributed by atoms with Crippen LogP contribution < -0.4 is 4.90 Å². The average molecular weight is 355 g/mol. The smallest absolute Gasteiger partial charge is 0.175 e. The van der Waals surface area contributed by atoms with Gasteiger partial charge in [-0.2, -0.15) is 10.5 Å². The van der Waals surface area contributed by atoms with Crippen LogP contribution in [0.1, 0.15) is 24.1 Å². The van der Waals surface area contributed by atoms with Crippen molar-refractivity contribution in [3.05, 3.63) is 77.1 Å². The molecule has 0 aromatic heterocycles. The van der Waals surface area contributed by atoms with Gasteiger partial charge in [0, 0.05) is 26.3 Å². The molecular formula is C22H21N5. The molecule has 0 spiro atoms. The third-order valence-electron chi connectivity index (χ3n) is 4.66. The van der Waals surface area contributed by atoms with E-state index in [9.17, 15) is 10.5 Å². The Bertz CT molecular complexity index is 957. The summed E-state index contributed by atoms with van der Waals surface area (Å²) < 4.78 is 0. The second kappa shape index (κ2) is 7.76. The van der Waals surface area contributed by atoms with Crippen molar-refractivity contribution in [2.45, 2.75) is 13.0 Å². The van der Waals surface area contributed by atoms with E-state index in [1.807, 2.05) is 61.2 Å². The van der Waals surface area contributed by atoms with E-state index >= 15 is 0 Å². The molecule has 0 fully saturated rings. The van der Waals surface area contributed by atoms with Gasteiger partial charge in [0.1, 0.15) is 12.1 Å². The number of rotatable bonds is 4. The van der Waals surface area contributed by atoms with Crippen molar-refractivity contribution in [3.8, 4) is 12.1 Å². The average Bonchev–Trinajstić information content (AvgIpc) is 2.72. The molecule has 1 aliphatic heterocycles. The highest BCUT2D eigenvalue weighted by molar-refractivity contribution is 6.06. The predicted molar refractivity (Wildman–Crippen MR) is 107 cm³/mol. The normalized spacial score (nSPS) is 16.4. The Labute approximate surface area is 160 Å². The maximum absolute atomic E-state index is 9.66. The number of aliphatic imine (C=N–C) groups is 1. The SMILES string of the molecule is CCN1C(C#N)=C(C#N)N=C(c2ccccc2)C1c1ccc(N(C)C)cc1. The molecule has 3 rings (SSSR count). The van der Waals surface area contributed by atoms with Gasteiger partial charge in [0.05, 0.1) is 11.8 Å². The van der Waals surface area contributed by atoms with Crippen molar-refractivity contribution >= 4 is 11.4 Å². The molecule has 0 N–H and O–H groups in total. The van der Waals surface area contributed by atoms with Gasteiger partial charge in [-0.3, -0.25) is 0 Å². The monoisotopic (exact) mass is 355 g/mol. The minimum absolute atomic E-state index is 0.166. The number of nitriles is 2. The van der Waals surface area contributed by atoms with Gasteiger partial charge in [0.15, 0.2) is 11.4 Å². The van der Waals surface area contributed by atoms with Crippen LogP contribution in [0.4, 0.5) is 5.69 Å². The van der Waals surface area contributed by atoms with Crippen molar-refractivity contribution in [1.82, 2.24) is 4.90 Å². The highest BCUT2D eigenvalue weighted by atomic mass is 15.2. The Morgan fingerprint density at radius 2 is 1.67 bits per heavy atom. The van der Waals surface area contributed by atoms with E-state index in [1.54, 1.807) is 0 Å². The zero-order valence-corrected chi connectivity index (χ0v) is 15.7. The Balaban J connectivity index is 2.19. The van der Waals surface area contributed by atoms with Gasteiger partial charge in [-0.15, -0.1) is 0 Å². The van der Waals surface area contributed by atoms with E-state index in [0.29, 0.717) is 12.2 Å². The van der Waals surface area contributed by atoms with Crippen molar-refractivity contribution in [1.29, 1.82) is 10.5 Å². The molecule has 2 aromatic rings. The molecule has 2 aromatic carbocycles. The Morgan fingerprint density at radius 3 is 2.19 bits per heavy atom. The predicted octanol–water partition coefficient (Wildman–Crippen LogP) is 3.88. The molecule has 0 aliphatic carbocycles. The van der Waals surface area contributed by atoms with E-state index < -0.39 is 0 Å². The van der Waals surface area contributed by atoms with Crippen LogP contribution in [0.2, 0.25) is 0 Å². The van der Waals surface area contributed by atoms with Crippen LogP contribution in [-0.2, 0) is 0 Å². The summed E-state index contributed by atoms with van der Waals surface area (Å²) in [4.78, 5) is 8.60. The van der Waals surface area contributed by atoms with E-state index in [0.717, 1.165) is 22.5 Å². The largest absolute Gasteiger partial charge is 0.378 e. The molecule has 27 heavy (non-hydrogen) atoms. The number of hydrogen-bond donors (Lipinski definition) is 0. The van der Waals surface area contributed by atoms with Crippen LogP contribution in [0.15, 0.2) is 71.0 Å². The molecule has 1 atom stereocenters. The van der Waals surface area contributed by atoms with Gasteiger partial charge in [-0.05, 0) is 30.2 Å².